The molecule has 1 aliphatic rings. The highest BCUT2D eigenvalue weighted by atomic mass is 15.2. The molecule has 0 spiro atoms. The highest BCUT2D eigenvalue weighted by Gasteiger charge is 2.26. The van der Waals surface area contributed by atoms with E-state index in [0.29, 0.717) is 12.1 Å². The Bertz CT molecular complexity index is 187. The van der Waals surface area contributed by atoms with Gasteiger partial charge in [-0.1, -0.05) is 27.2 Å². The minimum Gasteiger partial charge on any atom is -0.312 e. The van der Waals surface area contributed by atoms with Crippen molar-refractivity contribution in [3.05, 3.63) is 0 Å². The van der Waals surface area contributed by atoms with E-state index in [9.17, 15) is 0 Å². The SMILES string of the molecule is CCCC(C)N(C)C(CNC1CC1)C(C)C. The average Bonchev–Trinajstić information content (AvgIpc) is 3.01. The van der Waals surface area contributed by atoms with Crippen LogP contribution >= 0.6 is 0 Å². The largest absolute Gasteiger partial charge is 0.312 e. The zero-order chi connectivity index (χ0) is 12.1. The second kappa shape index (κ2) is 6.61. The van der Waals surface area contributed by atoms with Crippen molar-refractivity contribution in [3.63, 3.8) is 0 Å². The summed E-state index contributed by atoms with van der Waals surface area (Å²) in [7, 11) is 2.29. The Hall–Kier alpha value is -0.0800. The van der Waals surface area contributed by atoms with Crippen LogP contribution in [-0.4, -0.2) is 36.6 Å². The summed E-state index contributed by atoms with van der Waals surface area (Å²) in [5.74, 6) is 0.732. The summed E-state index contributed by atoms with van der Waals surface area (Å²) in [5.41, 5.74) is 0. The van der Waals surface area contributed by atoms with Crippen LogP contribution in [0.2, 0.25) is 0 Å². The second-order valence-corrected chi connectivity index (χ2v) is 5.80. The molecule has 1 saturated carbocycles. The molecule has 16 heavy (non-hydrogen) atoms. The zero-order valence-electron chi connectivity index (χ0n) is 11.8. The van der Waals surface area contributed by atoms with Crippen molar-refractivity contribution in [2.45, 2.75) is 71.5 Å². The van der Waals surface area contributed by atoms with Crippen LogP contribution in [0.15, 0.2) is 0 Å². The lowest BCUT2D eigenvalue weighted by Crippen LogP contribution is -2.47. The molecule has 2 unspecified atom stereocenters. The normalized spacial score (nSPS) is 20.4. The van der Waals surface area contributed by atoms with Gasteiger partial charge in [0.25, 0.3) is 0 Å². The van der Waals surface area contributed by atoms with Gasteiger partial charge in [-0.15, -0.1) is 0 Å². The molecule has 1 fully saturated rings. The third-order valence-electron chi connectivity index (χ3n) is 3.89. The number of nitrogens with one attached hydrogen (secondary N) is 1. The van der Waals surface area contributed by atoms with Gasteiger partial charge in [0.05, 0.1) is 0 Å². The maximum absolute atomic E-state index is 3.67. The van der Waals surface area contributed by atoms with Gasteiger partial charge in [0.1, 0.15) is 0 Å². The Kier molecular flexibility index (Phi) is 5.77. The third-order valence-corrected chi connectivity index (χ3v) is 3.89. The van der Waals surface area contributed by atoms with Crippen molar-refractivity contribution in [3.8, 4) is 0 Å². The Labute approximate surface area is 102 Å². The minimum atomic E-state index is 0.683. The van der Waals surface area contributed by atoms with E-state index in [1.165, 1.54) is 25.7 Å². The highest BCUT2D eigenvalue weighted by molar-refractivity contribution is 4.85. The molecule has 2 atom stereocenters. The van der Waals surface area contributed by atoms with Gasteiger partial charge in [0.2, 0.25) is 0 Å². The molecular weight excluding hydrogens is 196 g/mol. The van der Waals surface area contributed by atoms with Crippen molar-refractivity contribution >= 4 is 0 Å². The standard InChI is InChI=1S/C14H30N2/c1-6-7-12(4)16(5)14(11(2)3)10-15-13-8-9-13/h11-15H,6-10H2,1-5H3. The minimum absolute atomic E-state index is 0.683. The zero-order valence-corrected chi connectivity index (χ0v) is 11.8. The molecule has 0 aromatic heterocycles. The van der Waals surface area contributed by atoms with E-state index in [1.54, 1.807) is 0 Å². The molecule has 1 N–H and O–H groups in total. The van der Waals surface area contributed by atoms with Crippen LogP contribution in [0.25, 0.3) is 0 Å². The fourth-order valence-electron chi connectivity index (χ4n) is 2.37. The molecule has 0 radical (unpaired) electrons. The van der Waals surface area contributed by atoms with Gasteiger partial charge >= 0.3 is 0 Å². The van der Waals surface area contributed by atoms with Crippen molar-refractivity contribution in [1.29, 1.82) is 0 Å². The fraction of sp³-hybridized carbons (Fsp3) is 1.00. The van der Waals surface area contributed by atoms with E-state index in [-0.39, 0.29) is 0 Å². The number of nitrogens with zero attached hydrogens (tertiary/aromatic N) is 1. The monoisotopic (exact) mass is 226 g/mol. The van der Waals surface area contributed by atoms with Gasteiger partial charge in [0, 0.05) is 24.7 Å². The Morgan fingerprint density at radius 3 is 2.31 bits per heavy atom. The molecule has 0 amide bonds. The molecule has 1 aliphatic carbocycles. The van der Waals surface area contributed by atoms with Crippen LogP contribution in [0.3, 0.4) is 0 Å². The van der Waals surface area contributed by atoms with E-state index in [2.05, 4.69) is 45.0 Å². The fourth-order valence-corrected chi connectivity index (χ4v) is 2.37. The van der Waals surface area contributed by atoms with Crippen molar-refractivity contribution < 1.29 is 0 Å². The molecule has 0 aromatic rings. The van der Waals surface area contributed by atoms with E-state index >= 15 is 0 Å². The van der Waals surface area contributed by atoms with E-state index < -0.39 is 0 Å². The predicted molar refractivity (Wildman–Crippen MR) is 71.8 cm³/mol. The number of likely N-dealkylation sites (N-methyl/N-ethyl adjacent to an activating group) is 1. The Balaban J connectivity index is 2.39. The van der Waals surface area contributed by atoms with Crippen LogP contribution in [0.5, 0.6) is 0 Å². The van der Waals surface area contributed by atoms with Gasteiger partial charge in [-0.05, 0) is 39.2 Å². The molecular formula is C14H30N2. The van der Waals surface area contributed by atoms with E-state index in [4.69, 9.17) is 0 Å². The van der Waals surface area contributed by atoms with Crippen LogP contribution in [0.4, 0.5) is 0 Å². The van der Waals surface area contributed by atoms with Crippen LogP contribution < -0.4 is 5.32 Å². The van der Waals surface area contributed by atoms with Crippen LogP contribution in [0, 0.1) is 5.92 Å². The van der Waals surface area contributed by atoms with Crippen LogP contribution in [-0.2, 0) is 0 Å². The lowest BCUT2D eigenvalue weighted by Gasteiger charge is -2.36. The quantitative estimate of drug-likeness (QED) is 0.684. The summed E-state index contributed by atoms with van der Waals surface area (Å²) in [5, 5.41) is 3.67. The smallest absolute Gasteiger partial charge is 0.0243 e. The molecule has 0 saturated heterocycles. The second-order valence-electron chi connectivity index (χ2n) is 5.80. The lowest BCUT2D eigenvalue weighted by molar-refractivity contribution is 0.135. The number of hydrogen-bond donors (Lipinski definition) is 1. The lowest BCUT2D eigenvalue weighted by atomic mass is 10.00. The van der Waals surface area contributed by atoms with Gasteiger partial charge in [0.15, 0.2) is 0 Å². The maximum Gasteiger partial charge on any atom is 0.0243 e. The molecule has 0 heterocycles. The Morgan fingerprint density at radius 1 is 1.25 bits per heavy atom. The average molecular weight is 226 g/mol. The first-order chi connectivity index (χ1) is 7.56. The predicted octanol–water partition coefficient (Wildman–Crippen LogP) is 2.88. The summed E-state index contributed by atoms with van der Waals surface area (Å²) < 4.78 is 0. The highest BCUT2D eigenvalue weighted by Crippen LogP contribution is 2.20. The molecule has 96 valence electrons. The van der Waals surface area contributed by atoms with Crippen molar-refractivity contribution in [2.75, 3.05) is 13.6 Å². The van der Waals surface area contributed by atoms with Crippen molar-refractivity contribution in [1.82, 2.24) is 10.2 Å². The molecule has 0 bridgehead atoms. The topological polar surface area (TPSA) is 15.3 Å². The van der Waals surface area contributed by atoms with Crippen molar-refractivity contribution in [2.24, 2.45) is 5.92 Å². The number of rotatable bonds is 8. The maximum atomic E-state index is 3.67. The first-order valence-corrected chi connectivity index (χ1v) is 7.01. The summed E-state index contributed by atoms with van der Waals surface area (Å²) in [4.78, 5) is 2.57. The molecule has 0 aromatic carbocycles. The summed E-state index contributed by atoms with van der Waals surface area (Å²) in [6.07, 6.45) is 5.37. The van der Waals surface area contributed by atoms with E-state index in [1.807, 2.05) is 0 Å². The number of hydrogen-bond acceptors (Lipinski definition) is 2. The summed E-state index contributed by atoms with van der Waals surface area (Å²) >= 11 is 0. The molecule has 2 heteroatoms. The summed E-state index contributed by atoms with van der Waals surface area (Å²) in [6.45, 7) is 10.5. The van der Waals surface area contributed by atoms with Gasteiger partial charge in [-0.3, -0.25) is 4.90 Å². The molecule has 1 rings (SSSR count). The molecule has 2 nitrogen and oxygen atoms in total. The third kappa shape index (κ3) is 4.42. The first-order valence-electron chi connectivity index (χ1n) is 7.01. The molecule has 0 aliphatic heterocycles. The van der Waals surface area contributed by atoms with Gasteiger partial charge in [-0.2, -0.15) is 0 Å². The summed E-state index contributed by atoms with van der Waals surface area (Å²) in [6, 6.07) is 2.22. The van der Waals surface area contributed by atoms with Gasteiger partial charge < -0.3 is 5.32 Å². The first kappa shape index (κ1) is 14.0. The van der Waals surface area contributed by atoms with E-state index in [0.717, 1.165) is 18.5 Å². The Morgan fingerprint density at radius 2 is 1.88 bits per heavy atom. The van der Waals surface area contributed by atoms with Gasteiger partial charge in [-0.25, -0.2) is 0 Å². The van der Waals surface area contributed by atoms with Crippen LogP contribution in [0.1, 0.15) is 53.4 Å².